The molecule has 0 heterocycles. The molecule has 0 amide bonds. The van der Waals surface area contributed by atoms with Crippen LogP contribution in [0.15, 0.2) is 24.3 Å². The van der Waals surface area contributed by atoms with Gasteiger partial charge >= 0.3 is 0 Å². The predicted octanol–water partition coefficient (Wildman–Crippen LogP) is 4.22. The molecule has 1 aromatic rings. The molecular weight excluding hydrogens is 168 g/mol. The molecule has 1 unspecified atom stereocenters. The molecule has 0 aliphatic heterocycles. The van der Waals surface area contributed by atoms with E-state index in [1.165, 1.54) is 24.0 Å². The maximum absolute atomic E-state index is 2.32. The third-order valence-corrected chi connectivity index (χ3v) is 3.09. The molecule has 0 aromatic heterocycles. The Kier molecular flexibility index (Phi) is 4.19. The summed E-state index contributed by atoms with van der Waals surface area (Å²) in [5, 5.41) is 0. The van der Waals surface area contributed by atoms with Crippen molar-refractivity contribution in [2.45, 2.75) is 40.5 Å². The number of aryl methyl sites for hydroxylation is 1. The van der Waals surface area contributed by atoms with Crippen molar-refractivity contribution >= 4 is 0 Å². The van der Waals surface area contributed by atoms with E-state index >= 15 is 0 Å². The van der Waals surface area contributed by atoms with Crippen molar-refractivity contribution in [2.75, 3.05) is 0 Å². The van der Waals surface area contributed by atoms with Crippen molar-refractivity contribution in [3.63, 3.8) is 0 Å². The van der Waals surface area contributed by atoms with Gasteiger partial charge in [0.25, 0.3) is 0 Å². The van der Waals surface area contributed by atoms with E-state index in [-0.39, 0.29) is 0 Å². The Morgan fingerprint density at radius 3 is 2.07 bits per heavy atom. The summed E-state index contributed by atoms with van der Waals surface area (Å²) in [5.74, 6) is 1.62. The van der Waals surface area contributed by atoms with Gasteiger partial charge in [0.2, 0.25) is 0 Å². The first kappa shape index (κ1) is 11.3. The van der Waals surface area contributed by atoms with Gasteiger partial charge in [-0.25, -0.2) is 0 Å². The van der Waals surface area contributed by atoms with Gasteiger partial charge in [0.15, 0.2) is 0 Å². The fourth-order valence-electron chi connectivity index (χ4n) is 1.88. The van der Waals surface area contributed by atoms with Crippen LogP contribution in [0.3, 0.4) is 0 Å². The van der Waals surface area contributed by atoms with E-state index in [1.807, 2.05) is 0 Å². The van der Waals surface area contributed by atoms with Crippen molar-refractivity contribution in [1.29, 1.82) is 0 Å². The summed E-state index contributed by atoms with van der Waals surface area (Å²) >= 11 is 0. The summed E-state index contributed by atoms with van der Waals surface area (Å²) in [5.41, 5.74) is 2.84. The van der Waals surface area contributed by atoms with E-state index in [4.69, 9.17) is 0 Å². The lowest BCUT2D eigenvalue weighted by Gasteiger charge is -2.18. The first-order valence-corrected chi connectivity index (χ1v) is 5.69. The smallest absolute Gasteiger partial charge is 0.0248 e. The zero-order chi connectivity index (χ0) is 10.6. The van der Waals surface area contributed by atoms with Crippen LogP contribution in [0.2, 0.25) is 0 Å². The Balaban J connectivity index is 2.63. The molecule has 0 aliphatic carbocycles. The Morgan fingerprint density at radius 2 is 1.64 bits per heavy atom. The Morgan fingerprint density at radius 1 is 1.07 bits per heavy atom. The van der Waals surface area contributed by atoms with Gasteiger partial charge in [0.1, 0.15) is 0 Å². The topological polar surface area (TPSA) is 0 Å². The molecular formula is C14H22. The summed E-state index contributed by atoms with van der Waals surface area (Å²) in [4.78, 5) is 0. The van der Waals surface area contributed by atoms with Gasteiger partial charge in [-0.3, -0.25) is 0 Å². The standard InChI is InChI=1S/C14H22/c1-5-14(11(2)3)10-13-8-6-12(4)7-9-13/h6-9,11,14H,5,10H2,1-4H3. The average Bonchev–Trinajstić information content (AvgIpc) is 2.16. The summed E-state index contributed by atoms with van der Waals surface area (Å²) in [6.45, 7) is 9.08. The normalized spacial score (nSPS) is 13.2. The van der Waals surface area contributed by atoms with Gasteiger partial charge in [-0.15, -0.1) is 0 Å². The van der Waals surface area contributed by atoms with E-state index < -0.39 is 0 Å². The second-order valence-corrected chi connectivity index (χ2v) is 4.60. The fourth-order valence-corrected chi connectivity index (χ4v) is 1.88. The summed E-state index contributed by atoms with van der Waals surface area (Å²) in [6, 6.07) is 8.95. The second kappa shape index (κ2) is 5.19. The molecule has 0 aliphatic rings. The molecule has 0 saturated heterocycles. The second-order valence-electron chi connectivity index (χ2n) is 4.60. The molecule has 0 saturated carbocycles. The highest BCUT2D eigenvalue weighted by atomic mass is 14.2. The van der Waals surface area contributed by atoms with Gasteiger partial charge < -0.3 is 0 Å². The van der Waals surface area contributed by atoms with Crippen molar-refractivity contribution in [3.05, 3.63) is 35.4 Å². The van der Waals surface area contributed by atoms with E-state index in [1.54, 1.807) is 0 Å². The van der Waals surface area contributed by atoms with Crippen LogP contribution in [0.5, 0.6) is 0 Å². The molecule has 1 atom stereocenters. The number of hydrogen-bond acceptors (Lipinski definition) is 0. The van der Waals surface area contributed by atoms with E-state index in [9.17, 15) is 0 Å². The molecule has 0 bridgehead atoms. The molecule has 1 rings (SSSR count). The predicted molar refractivity (Wildman–Crippen MR) is 63.5 cm³/mol. The van der Waals surface area contributed by atoms with Gasteiger partial charge in [0, 0.05) is 0 Å². The van der Waals surface area contributed by atoms with Crippen molar-refractivity contribution in [2.24, 2.45) is 11.8 Å². The van der Waals surface area contributed by atoms with Crippen LogP contribution in [0.25, 0.3) is 0 Å². The van der Waals surface area contributed by atoms with Crippen LogP contribution in [0.4, 0.5) is 0 Å². The summed E-state index contributed by atoms with van der Waals surface area (Å²) in [6.07, 6.45) is 2.51. The molecule has 0 spiro atoms. The van der Waals surface area contributed by atoms with Gasteiger partial charge in [-0.05, 0) is 30.7 Å². The Labute approximate surface area is 88.4 Å². The average molecular weight is 190 g/mol. The lowest BCUT2D eigenvalue weighted by Crippen LogP contribution is -2.10. The van der Waals surface area contributed by atoms with Crippen molar-refractivity contribution in [3.8, 4) is 0 Å². The van der Waals surface area contributed by atoms with Gasteiger partial charge in [0.05, 0.1) is 0 Å². The van der Waals surface area contributed by atoms with Crippen molar-refractivity contribution < 1.29 is 0 Å². The Hall–Kier alpha value is -0.780. The molecule has 1 aromatic carbocycles. The van der Waals surface area contributed by atoms with Crippen LogP contribution in [-0.2, 0) is 6.42 Å². The first-order valence-electron chi connectivity index (χ1n) is 5.69. The molecule has 78 valence electrons. The fraction of sp³-hybridized carbons (Fsp3) is 0.571. The van der Waals surface area contributed by atoms with E-state index in [0.29, 0.717) is 0 Å². The summed E-state index contributed by atoms with van der Waals surface area (Å²) < 4.78 is 0. The maximum atomic E-state index is 2.32. The third-order valence-electron chi connectivity index (χ3n) is 3.09. The van der Waals surface area contributed by atoms with E-state index in [2.05, 4.69) is 52.0 Å². The summed E-state index contributed by atoms with van der Waals surface area (Å²) in [7, 11) is 0. The molecule has 0 fully saturated rings. The third kappa shape index (κ3) is 3.17. The largest absolute Gasteiger partial charge is 0.0651 e. The van der Waals surface area contributed by atoms with Crippen molar-refractivity contribution in [1.82, 2.24) is 0 Å². The number of rotatable bonds is 4. The van der Waals surface area contributed by atoms with Crippen LogP contribution < -0.4 is 0 Å². The minimum Gasteiger partial charge on any atom is -0.0651 e. The highest BCUT2D eigenvalue weighted by Crippen LogP contribution is 2.20. The monoisotopic (exact) mass is 190 g/mol. The zero-order valence-electron chi connectivity index (χ0n) is 9.88. The number of benzene rings is 1. The first-order chi connectivity index (χ1) is 6.63. The SMILES string of the molecule is CCC(Cc1ccc(C)cc1)C(C)C. The quantitative estimate of drug-likeness (QED) is 0.667. The highest BCUT2D eigenvalue weighted by molar-refractivity contribution is 5.21. The van der Waals surface area contributed by atoms with Crippen LogP contribution in [-0.4, -0.2) is 0 Å². The maximum Gasteiger partial charge on any atom is -0.0248 e. The van der Waals surface area contributed by atoms with E-state index in [0.717, 1.165) is 11.8 Å². The van der Waals surface area contributed by atoms with Crippen LogP contribution in [0, 0.1) is 18.8 Å². The van der Waals surface area contributed by atoms with Crippen LogP contribution >= 0.6 is 0 Å². The lowest BCUT2D eigenvalue weighted by molar-refractivity contribution is 0.371. The highest BCUT2D eigenvalue weighted by Gasteiger charge is 2.11. The van der Waals surface area contributed by atoms with Gasteiger partial charge in [-0.2, -0.15) is 0 Å². The number of hydrogen-bond donors (Lipinski definition) is 0. The van der Waals surface area contributed by atoms with Gasteiger partial charge in [-0.1, -0.05) is 57.0 Å². The molecule has 14 heavy (non-hydrogen) atoms. The Bertz CT molecular complexity index is 256. The van der Waals surface area contributed by atoms with Crippen LogP contribution in [0.1, 0.15) is 38.3 Å². The molecule has 0 N–H and O–H groups in total. The minimum atomic E-state index is 0.793. The zero-order valence-corrected chi connectivity index (χ0v) is 9.88. The molecule has 0 nitrogen and oxygen atoms in total. The molecule has 0 radical (unpaired) electrons. The molecule has 0 heteroatoms. The lowest BCUT2D eigenvalue weighted by atomic mass is 9.87. The minimum absolute atomic E-state index is 0.793.